The standard InChI is InChI=1S/C8H5N3O2S/c9-5-8(14)10-6-2-1-3-7(4-6)11(12)13/h1-4H,(H,10,14). The maximum Gasteiger partial charge on any atom is 0.271 e. The number of nitriles is 1. The van der Waals surface area contributed by atoms with E-state index in [4.69, 9.17) is 5.26 Å². The molecule has 0 radical (unpaired) electrons. The van der Waals surface area contributed by atoms with Crippen molar-refractivity contribution in [3.05, 3.63) is 34.4 Å². The lowest BCUT2D eigenvalue weighted by molar-refractivity contribution is -0.384. The van der Waals surface area contributed by atoms with Crippen LogP contribution in [0.1, 0.15) is 0 Å². The first-order valence-corrected chi connectivity index (χ1v) is 4.00. The predicted octanol–water partition coefficient (Wildman–Crippen LogP) is 1.86. The fraction of sp³-hybridized carbons (Fsp3) is 0. The summed E-state index contributed by atoms with van der Waals surface area (Å²) in [6, 6.07) is 7.49. The Morgan fingerprint density at radius 1 is 1.64 bits per heavy atom. The van der Waals surface area contributed by atoms with Gasteiger partial charge in [-0.05, 0) is 18.3 Å². The van der Waals surface area contributed by atoms with Gasteiger partial charge in [0.1, 0.15) is 6.07 Å². The van der Waals surface area contributed by atoms with Crippen molar-refractivity contribution in [2.45, 2.75) is 0 Å². The molecule has 1 N–H and O–H groups in total. The Hall–Kier alpha value is -2.00. The number of nitrogens with zero attached hydrogens (tertiary/aromatic N) is 2. The lowest BCUT2D eigenvalue weighted by Gasteiger charge is -2.00. The summed E-state index contributed by atoms with van der Waals surface area (Å²) in [7, 11) is 0. The van der Waals surface area contributed by atoms with Crippen molar-refractivity contribution in [3.63, 3.8) is 0 Å². The van der Waals surface area contributed by atoms with Crippen LogP contribution in [0.4, 0.5) is 11.4 Å². The molecule has 0 amide bonds. The first kappa shape index (κ1) is 10.1. The second kappa shape index (κ2) is 4.30. The Labute approximate surface area is 85.1 Å². The first-order chi connectivity index (χ1) is 6.63. The van der Waals surface area contributed by atoms with Crippen LogP contribution < -0.4 is 5.32 Å². The Balaban J connectivity index is 2.90. The molecule has 1 rings (SSSR count). The summed E-state index contributed by atoms with van der Waals surface area (Å²) in [5, 5.41) is 21.3. The van der Waals surface area contributed by atoms with Crippen molar-refractivity contribution in [1.29, 1.82) is 5.26 Å². The van der Waals surface area contributed by atoms with E-state index < -0.39 is 4.92 Å². The molecule has 0 atom stereocenters. The molecule has 0 fully saturated rings. The van der Waals surface area contributed by atoms with Gasteiger partial charge in [-0.3, -0.25) is 10.1 Å². The van der Waals surface area contributed by atoms with Crippen LogP contribution in [0.15, 0.2) is 24.3 Å². The van der Waals surface area contributed by atoms with E-state index in [9.17, 15) is 10.1 Å². The van der Waals surface area contributed by atoms with Crippen molar-refractivity contribution in [2.75, 3.05) is 5.32 Å². The van der Waals surface area contributed by atoms with Gasteiger partial charge < -0.3 is 5.32 Å². The third kappa shape index (κ3) is 2.50. The SMILES string of the molecule is N#CC(=S)Nc1cccc([N+](=O)[O-])c1. The van der Waals surface area contributed by atoms with Crippen LogP contribution in [0.2, 0.25) is 0 Å². The molecule has 0 aliphatic carbocycles. The molecule has 0 spiro atoms. The van der Waals surface area contributed by atoms with Crippen LogP contribution in [-0.2, 0) is 0 Å². The molecule has 0 heterocycles. The van der Waals surface area contributed by atoms with Crippen LogP contribution in [0.25, 0.3) is 0 Å². The molecule has 1 aromatic carbocycles. The molecule has 70 valence electrons. The van der Waals surface area contributed by atoms with Crippen molar-refractivity contribution in [1.82, 2.24) is 0 Å². The number of hydrogen-bond acceptors (Lipinski definition) is 4. The Kier molecular flexibility index (Phi) is 3.09. The highest BCUT2D eigenvalue weighted by molar-refractivity contribution is 7.81. The molecule has 0 aliphatic rings. The van der Waals surface area contributed by atoms with Gasteiger partial charge in [0.05, 0.1) is 4.92 Å². The predicted molar refractivity (Wildman–Crippen MR) is 54.9 cm³/mol. The Morgan fingerprint density at radius 3 is 2.93 bits per heavy atom. The number of rotatable bonds is 2. The van der Waals surface area contributed by atoms with Crippen molar-refractivity contribution in [3.8, 4) is 6.07 Å². The molecule has 5 nitrogen and oxygen atoms in total. The number of nitro groups is 1. The summed E-state index contributed by atoms with van der Waals surface area (Å²) in [4.78, 5) is 9.85. The summed E-state index contributed by atoms with van der Waals surface area (Å²) in [6.45, 7) is 0. The minimum atomic E-state index is -0.513. The summed E-state index contributed by atoms with van der Waals surface area (Å²) < 4.78 is 0. The number of non-ortho nitro benzene ring substituents is 1. The van der Waals surface area contributed by atoms with E-state index in [2.05, 4.69) is 17.5 Å². The lowest BCUT2D eigenvalue weighted by Crippen LogP contribution is -2.05. The molecule has 1 aromatic rings. The molecule has 14 heavy (non-hydrogen) atoms. The first-order valence-electron chi connectivity index (χ1n) is 3.59. The molecule has 0 aromatic heterocycles. The van der Waals surface area contributed by atoms with E-state index in [1.165, 1.54) is 18.2 Å². The van der Waals surface area contributed by atoms with E-state index in [0.717, 1.165) is 0 Å². The zero-order chi connectivity index (χ0) is 10.6. The molecule has 6 heteroatoms. The zero-order valence-electron chi connectivity index (χ0n) is 6.93. The van der Waals surface area contributed by atoms with Crippen LogP contribution in [-0.4, -0.2) is 9.91 Å². The van der Waals surface area contributed by atoms with E-state index in [-0.39, 0.29) is 10.7 Å². The third-order valence-electron chi connectivity index (χ3n) is 1.42. The fourth-order valence-electron chi connectivity index (χ4n) is 0.856. The Bertz CT molecular complexity index is 425. The van der Waals surface area contributed by atoms with Crippen LogP contribution in [0, 0.1) is 21.4 Å². The highest BCUT2D eigenvalue weighted by atomic mass is 32.1. The number of nitrogens with one attached hydrogen (secondary N) is 1. The minimum absolute atomic E-state index is 0.0227. The van der Waals surface area contributed by atoms with Crippen molar-refractivity contribution in [2.24, 2.45) is 0 Å². The van der Waals surface area contributed by atoms with Crippen LogP contribution in [0.3, 0.4) is 0 Å². The third-order valence-corrected chi connectivity index (χ3v) is 1.61. The summed E-state index contributed by atoms with van der Waals surface area (Å²) in [5.41, 5.74) is 0.390. The highest BCUT2D eigenvalue weighted by Crippen LogP contribution is 2.16. The topological polar surface area (TPSA) is 79.0 Å². The van der Waals surface area contributed by atoms with Crippen LogP contribution in [0.5, 0.6) is 0 Å². The monoisotopic (exact) mass is 207 g/mol. The normalized spacial score (nSPS) is 8.79. The highest BCUT2D eigenvalue weighted by Gasteiger charge is 2.05. The van der Waals surface area contributed by atoms with E-state index in [1.54, 1.807) is 12.1 Å². The quantitative estimate of drug-likeness (QED) is 0.455. The lowest BCUT2D eigenvalue weighted by atomic mass is 10.3. The molecule has 0 unspecified atom stereocenters. The summed E-state index contributed by atoms with van der Waals surface area (Å²) >= 11 is 4.60. The maximum absolute atomic E-state index is 10.4. The molecular formula is C8H5N3O2S. The van der Waals surface area contributed by atoms with Crippen LogP contribution >= 0.6 is 12.2 Å². The van der Waals surface area contributed by atoms with E-state index >= 15 is 0 Å². The number of benzene rings is 1. The van der Waals surface area contributed by atoms with Gasteiger partial charge in [0.25, 0.3) is 5.69 Å². The second-order valence-electron chi connectivity index (χ2n) is 2.37. The van der Waals surface area contributed by atoms with E-state index in [0.29, 0.717) is 5.69 Å². The molecular weight excluding hydrogens is 202 g/mol. The maximum atomic E-state index is 10.4. The van der Waals surface area contributed by atoms with Crippen molar-refractivity contribution < 1.29 is 4.92 Å². The molecule has 0 bridgehead atoms. The van der Waals surface area contributed by atoms with Gasteiger partial charge in [-0.2, -0.15) is 5.26 Å². The average molecular weight is 207 g/mol. The fourth-order valence-corrected chi connectivity index (χ4v) is 0.974. The summed E-state index contributed by atoms with van der Waals surface area (Å²) in [5.74, 6) is 0. The molecule has 0 saturated carbocycles. The molecule has 0 saturated heterocycles. The average Bonchev–Trinajstić information content (AvgIpc) is 2.18. The second-order valence-corrected chi connectivity index (χ2v) is 2.78. The van der Waals surface area contributed by atoms with Gasteiger partial charge >= 0.3 is 0 Å². The minimum Gasteiger partial charge on any atom is -0.338 e. The number of hydrogen-bond donors (Lipinski definition) is 1. The number of anilines is 1. The van der Waals surface area contributed by atoms with Gasteiger partial charge in [0, 0.05) is 17.8 Å². The Morgan fingerprint density at radius 2 is 2.36 bits per heavy atom. The van der Waals surface area contributed by atoms with Gasteiger partial charge in [0.2, 0.25) is 0 Å². The zero-order valence-corrected chi connectivity index (χ0v) is 7.75. The van der Waals surface area contributed by atoms with Gasteiger partial charge in [-0.1, -0.05) is 6.07 Å². The van der Waals surface area contributed by atoms with Crippen molar-refractivity contribution >= 4 is 28.6 Å². The van der Waals surface area contributed by atoms with E-state index in [1.807, 2.05) is 0 Å². The largest absolute Gasteiger partial charge is 0.338 e. The summed E-state index contributed by atoms with van der Waals surface area (Å²) in [6.07, 6.45) is 0. The molecule has 0 aliphatic heterocycles. The number of thiocarbonyl (C=S) groups is 1. The van der Waals surface area contributed by atoms with Gasteiger partial charge in [0.15, 0.2) is 4.99 Å². The van der Waals surface area contributed by atoms with Gasteiger partial charge in [-0.15, -0.1) is 0 Å². The van der Waals surface area contributed by atoms with Gasteiger partial charge in [-0.25, -0.2) is 0 Å². The smallest absolute Gasteiger partial charge is 0.271 e. The number of nitro benzene ring substituents is 1.